The summed E-state index contributed by atoms with van der Waals surface area (Å²) in [6, 6.07) is 0.307. The number of carbonyl (C=O) groups excluding carboxylic acids is 2. The Morgan fingerprint density at radius 2 is 1.64 bits per heavy atom. The molecule has 0 aliphatic carbocycles. The zero-order chi connectivity index (χ0) is 25.2. The lowest BCUT2D eigenvalue weighted by Crippen LogP contribution is -2.50. The molecular formula is C22H31F5N2O4. The summed E-state index contributed by atoms with van der Waals surface area (Å²) in [5.74, 6) is -7.05. The molecule has 33 heavy (non-hydrogen) atoms. The zero-order valence-electron chi connectivity index (χ0n) is 19.1. The number of ether oxygens (including phenoxy) is 1. The number of nitrogens with one attached hydrogen (secondary N) is 1. The third kappa shape index (κ3) is 10.9. The number of carboxylic acid groups (broad SMARTS) is 1. The monoisotopic (exact) mass is 482 g/mol. The van der Waals surface area contributed by atoms with Crippen LogP contribution in [-0.2, 0) is 20.4 Å². The maximum atomic E-state index is 13.9. The van der Waals surface area contributed by atoms with Gasteiger partial charge >= 0.3 is 6.11 Å². The molecule has 0 aromatic heterocycles. The second-order valence-electron chi connectivity index (χ2n) is 8.92. The smallest absolute Gasteiger partial charge is 0.386 e. The predicted molar refractivity (Wildman–Crippen MR) is 108 cm³/mol. The van der Waals surface area contributed by atoms with Gasteiger partial charge in [0, 0.05) is 18.8 Å². The van der Waals surface area contributed by atoms with E-state index in [-0.39, 0.29) is 25.2 Å². The summed E-state index contributed by atoms with van der Waals surface area (Å²) in [5, 5.41) is 13.6. The molecule has 6 nitrogen and oxygen atoms in total. The van der Waals surface area contributed by atoms with Crippen molar-refractivity contribution in [3.63, 3.8) is 0 Å². The van der Waals surface area contributed by atoms with Crippen molar-refractivity contribution in [2.75, 3.05) is 34.3 Å². The van der Waals surface area contributed by atoms with E-state index >= 15 is 0 Å². The molecule has 1 N–H and O–H groups in total. The second-order valence-corrected chi connectivity index (χ2v) is 8.92. The summed E-state index contributed by atoms with van der Waals surface area (Å²) < 4.78 is 72.2. The number of aliphatic carboxylic acids is 1. The predicted octanol–water partition coefficient (Wildman–Crippen LogP) is 2.84. The molecule has 1 atom stereocenters. The SMILES string of the molecule is C[N+](C)(C)C[C@@H](CC(=O)[O-])NC(=O)CCCCCCCOC(F)(F)c1ccc(F)c(F)c1F. The van der Waals surface area contributed by atoms with Crippen molar-refractivity contribution in [1.29, 1.82) is 0 Å². The topological polar surface area (TPSA) is 78.5 Å². The van der Waals surface area contributed by atoms with Crippen molar-refractivity contribution in [1.82, 2.24) is 5.32 Å². The summed E-state index contributed by atoms with van der Waals surface area (Å²) in [5.41, 5.74) is -1.37. The van der Waals surface area contributed by atoms with Crippen molar-refractivity contribution in [3.05, 3.63) is 35.1 Å². The second kappa shape index (κ2) is 12.8. The molecule has 0 heterocycles. The first-order valence-electron chi connectivity index (χ1n) is 10.7. The molecular weight excluding hydrogens is 451 g/mol. The van der Waals surface area contributed by atoms with Crippen LogP contribution in [0.1, 0.15) is 50.5 Å². The Morgan fingerprint density at radius 3 is 2.24 bits per heavy atom. The highest BCUT2D eigenvalue weighted by Crippen LogP contribution is 2.33. The van der Waals surface area contributed by atoms with Crippen LogP contribution in [0.15, 0.2) is 12.1 Å². The van der Waals surface area contributed by atoms with Gasteiger partial charge in [0.2, 0.25) is 5.91 Å². The number of carboxylic acids is 1. The minimum absolute atomic E-state index is 0.199. The summed E-state index contributed by atoms with van der Waals surface area (Å²) in [4.78, 5) is 22.9. The van der Waals surface area contributed by atoms with Gasteiger partial charge in [0.05, 0.1) is 45.9 Å². The molecule has 0 unspecified atom stereocenters. The van der Waals surface area contributed by atoms with Crippen LogP contribution >= 0.6 is 0 Å². The van der Waals surface area contributed by atoms with E-state index in [1.165, 1.54) is 0 Å². The summed E-state index contributed by atoms with van der Waals surface area (Å²) in [7, 11) is 5.63. The van der Waals surface area contributed by atoms with Crippen LogP contribution in [0.25, 0.3) is 0 Å². The number of quaternary nitrogens is 1. The largest absolute Gasteiger partial charge is 0.550 e. The molecule has 188 valence electrons. The lowest BCUT2D eigenvalue weighted by atomic mass is 10.1. The Morgan fingerprint density at radius 1 is 1.03 bits per heavy atom. The average molecular weight is 482 g/mol. The van der Waals surface area contributed by atoms with Crippen LogP contribution in [0, 0.1) is 17.5 Å². The van der Waals surface area contributed by atoms with E-state index in [0.717, 1.165) is 0 Å². The van der Waals surface area contributed by atoms with Gasteiger partial charge in [-0.05, 0) is 25.0 Å². The van der Waals surface area contributed by atoms with Crippen LogP contribution in [0.4, 0.5) is 22.0 Å². The molecule has 11 heteroatoms. The van der Waals surface area contributed by atoms with E-state index in [1.54, 1.807) is 0 Å². The van der Waals surface area contributed by atoms with E-state index in [0.29, 0.717) is 48.8 Å². The molecule has 0 bridgehead atoms. The third-order valence-electron chi connectivity index (χ3n) is 4.73. The maximum Gasteiger partial charge on any atom is 0.386 e. The van der Waals surface area contributed by atoms with Gasteiger partial charge in [-0.1, -0.05) is 19.3 Å². The number of benzene rings is 1. The van der Waals surface area contributed by atoms with E-state index in [9.17, 15) is 36.6 Å². The van der Waals surface area contributed by atoms with Crippen LogP contribution in [-0.4, -0.2) is 56.7 Å². The fourth-order valence-corrected chi connectivity index (χ4v) is 3.27. The zero-order valence-corrected chi connectivity index (χ0v) is 19.1. The van der Waals surface area contributed by atoms with Gasteiger partial charge in [0.25, 0.3) is 0 Å². The van der Waals surface area contributed by atoms with Gasteiger partial charge in [-0.2, -0.15) is 8.78 Å². The standard InChI is InChI=1S/C22H31F5N2O4/c1-29(2,3)14-15(13-19(31)32)28-18(30)9-7-5-4-6-8-12-33-22(26,27)16-10-11-17(23)21(25)20(16)24/h10-11,15H,4-9,12-14H2,1-3H3,(H-,28,30,31,32)/t15-/m1/s1. The molecule has 0 fully saturated rings. The van der Waals surface area contributed by atoms with Gasteiger partial charge in [-0.3, -0.25) is 4.79 Å². The van der Waals surface area contributed by atoms with E-state index in [4.69, 9.17) is 0 Å². The normalized spacial score (nSPS) is 13.1. The highest BCUT2D eigenvalue weighted by molar-refractivity contribution is 5.77. The summed E-state index contributed by atoms with van der Waals surface area (Å²) >= 11 is 0. The number of halogens is 5. The number of nitrogens with zero attached hydrogens (tertiary/aromatic N) is 1. The molecule has 1 aromatic rings. The van der Waals surface area contributed by atoms with Crippen molar-refractivity contribution >= 4 is 11.9 Å². The van der Waals surface area contributed by atoms with Gasteiger partial charge < -0.3 is 24.4 Å². The fourth-order valence-electron chi connectivity index (χ4n) is 3.27. The van der Waals surface area contributed by atoms with Crippen molar-refractivity contribution in [2.24, 2.45) is 0 Å². The van der Waals surface area contributed by atoms with Crippen LogP contribution in [0.3, 0.4) is 0 Å². The molecule has 0 spiro atoms. The quantitative estimate of drug-likeness (QED) is 0.181. The van der Waals surface area contributed by atoms with Gasteiger partial charge in [0.15, 0.2) is 17.5 Å². The lowest BCUT2D eigenvalue weighted by Gasteiger charge is -2.30. The first-order chi connectivity index (χ1) is 15.2. The first-order valence-corrected chi connectivity index (χ1v) is 10.7. The highest BCUT2D eigenvalue weighted by Gasteiger charge is 2.37. The van der Waals surface area contributed by atoms with E-state index in [1.807, 2.05) is 21.1 Å². The van der Waals surface area contributed by atoms with E-state index < -0.39 is 47.7 Å². The number of hydrogen-bond acceptors (Lipinski definition) is 4. The van der Waals surface area contributed by atoms with E-state index in [2.05, 4.69) is 10.1 Å². The number of hydrogen-bond donors (Lipinski definition) is 1. The molecule has 0 aliphatic rings. The molecule has 1 rings (SSSR count). The Hall–Kier alpha value is -2.27. The third-order valence-corrected chi connectivity index (χ3v) is 4.73. The van der Waals surface area contributed by atoms with Crippen molar-refractivity contribution in [2.45, 2.75) is 57.1 Å². The van der Waals surface area contributed by atoms with Gasteiger partial charge in [-0.25, -0.2) is 13.2 Å². The van der Waals surface area contributed by atoms with Crippen LogP contribution in [0.5, 0.6) is 0 Å². The average Bonchev–Trinajstić information content (AvgIpc) is 2.66. The Kier molecular flexibility index (Phi) is 11.2. The Bertz CT molecular complexity index is 800. The van der Waals surface area contributed by atoms with Crippen molar-refractivity contribution < 1.29 is 45.9 Å². The molecule has 0 saturated carbocycles. The maximum absolute atomic E-state index is 13.9. The number of amides is 1. The molecule has 1 amide bonds. The highest BCUT2D eigenvalue weighted by atomic mass is 19.3. The number of unbranched alkanes of at least 4 members (excludes halogenated alkanes) is 4. The van der Waals surface area contributed by atoms with Crippen LogP contribution in [0.2, 0.25) is 0 Å². The molecule has 1 aromatic carbocycles. The number of rotatable bonds is 15. The first kappa shape index (κ1) is 28.8. The fraction of sp³-hybridized carbons (Fsp3) is 0.636. The van der Waals surface area contributed by atoms with Gasteiger partial charge in [-0.15, -0.1) is 0 Å². The Balaban J connectivity index is 2.28. The molecule has 0 aliphatic heterocycles. The number of alkyl halides is 2. The van der Waals surface area contributed by atoms with Crippen LogP contribution < -0.4 is 10.4 Å². The Labute approximate surface area is 190 Å². The molecule has 0 saturated heterocycles. The minimum atomic E-state index is -4.09. The summed E-state index contributed by atoms with van der Waals surface area (Å²) in [6.45, 7) is 0.0146. The summed E-state index contributed by atoms with van der Waals surface area (Å²) in [6.07, 6.45) is -1.64. The van der Waals surface area contributed by atoms with Crippen molar-refractivity contribution in [3.8, 4) is 0 Å². The molecule has 0 radical (unpaired) electrons. The van der Waals surface area contributed by atoms with Gasteiger partial charge in [0.1, 0.15) is 0 Å². The number of carbonyl (C=O) groups is 2. The number of likely N-dealkylation sites (N-methyl/N-ethyl adjacent to an activating group) is 1. The minimum Gasteiger partial charge on any atom is -0.550 e. The lowest BCUT2D eigenvalue weighted by molar-refractivity contribution is -0.871.